The maximum absolute atomic E-state index is 12.8. The first kappa shape index (κ1) is 16.8. The average molecular weight is 361 g/mol. The van der Waals surface area contributed by atoms with Crippen molar-refractivity contribution in [2.24, 2.45) is 10.4 Å². The molecule has 1 amide bonds. The van der Waals surface area contributed by atoms with E-state index in [0.717, 1.165) is 16.7 Å². The summed E-state index contributed by atoms with van der Waals surface area (Å²) >= 11 is 0. The van der Waals surface area contributed by atoms with Crippen LogP contribution >= 0.6 is 0 Å². The van der Waals surface area contributed by atoms with Gasteiger partial charge >= 0.3 is 0 Å². The highest BCUT2D eigenvalue weighted by Crippen LogP contribution is 2.34. The number of furan rings is 1. The van der Waals surface area contributed by atoms with Crippen LogP contribution < -0.4 is 0 Å². The SMILES string of the molecule is O=Nc1cc2c(cc1N=O)CN(C(=O)c1ccc(-c3ccccc3)o1)CC2. The second-order valence-electron chi connectivity index (χ2n) is 6.30. The van der Waals surface area contributed by atoms with Crippen molar-refractivity contribution < 1.29 is 9.21 Å². The largest absolute Gasteiger partial charge is 0.451 e. The molecule has 0 saturated carbocycles. The van der Waals surface area contributed by atoms with Gasteiger partial charge in [0.2, 0.25) is 0 Å². The van der Waals surface area contributed by atoms with Crippen LogP contribution in [0.1, 0.15) is 21.7 Å². The minimum Gasteiger partial charge on any atom is -0.451 e. The van der Waals surface area contributed by atoms with E-state index >= 15 is 0 Å². The molecule has 0 unspecified atom stereocenters. The fourth-order valence-corrected chi connectivity index (χ4v) is 3.27. The molecule has 0 fully saturated rings. The van der Waals surface area contributed by atoms with E-state index < -0.39 is 0 Å². The van der Waals surface area contributed by atoms with E-state index in [2.05, 4.69) is 10.4 Å². The molecule has 7 nitrogen and oxygen atoms in total. The standard InChI is InChI=1S/C20H15N3O4/c24-20(19-7-6-18(27-19)13-4-2-1-3-5-13)23-9-8-14-10-16(21-25)17(22-26)11-15(14)12-23/h1-7,10-11H,8-9,12H2. The quantitative estimate of drug-likeness (QED) is 0.615. The highest BCUT2D eigenvalue weighted by Gasteiger charge is 2.25. The summed E-state index contributed by atoms with van der Waals surface area (Å²) in [5, 5.41) is 5.69. The summed E-state index contributed by atoms with van der Waals surface area (Å²) in [7, 11) is 0. The number of hydrogen-bond acceptors (Lipinski definition) is 6. The van der Waals surface area contributed by atoms with Crippen LogP contribution in [0.3, 0.4) is 0 Å². The Morgan fingerprint density at radius 2 is 1.63 bits per heavy atom. The van der Waals surface area contributed by atoms with E-state index in [1.54, 1.807) is 23.1 Å². The molecule has 1 aliphatic heterocycles. The second kappa shape index (κ2) is 6.95. The maximum Gasteiger partial charge on any atom is 0.289 e. The van der Waals surface area contributed by atoms with Crippen molar-refractivity contribution >= 4 is 17.3 Å². The van der Waals surface area contributed by atoms with Crippen molar-refractivity contribution in [3.63, 3.8) is 0 Å². The number of rotatable bonds is 4. The second-order valence-corrected chi connectivity index (χ2v) is 6.30. The van der Waals surface area contributed by atoms with Gasteiger partial charge in [-0.2, -0.15) is 0 Å². The zero-order chi connectivity index (χ0) is 18.8. The Morgan fingerprint density at radius 3 is 2.33 bits per heavy atom. The normalized spacial score (nSPS) is 13.1. The number of amides is 1. The Balaban J connectivity index is 1.57. The molecule has 0 N–H and O–H groups in total. The molecule has 1 aromatic heterocycles. The molecule has 3 aromatic rings. The van der Waals surface area contributed by atoms with Crippen molar-refractivity contribution in [3.8, 4) is 11.3 Å². The lowest BCUT2D eigenvalue weighted by Crippen LogP contribution is -2.35. The third-order valence-corrected chi connectivity index (χ3v) is 4.67. The number of hydrogen-bond donors (Lipinski definition) is 0. The molecule has 0 bridgehead atoms. The van der Waals surface area contributed by atoms with Gasteiger partial charge in [-0.05, 0) is 52.2 Å². The molecule has 134 valence electrons. The summed E-state index contributed by atoms with van der Waals surface area (Å²) in [5.74, 6) is 0.670. The lowest BCUT2D eigenvalue weighted by molar-refractivity contribution is 0.0703. The zero-order valence-corrected chi connectivity index (χ0v) is 14.3. The molecule has 4 rings (SSSR count). The van der Waals surface area contributed by atoms with E-state index in [0.29, 0.717) is 25.3 Å². The third-order valence-electron chi connectivity index (χ3n) is 4.67. The van der Waals surface area contributed by atoms with Gasteiger partial charge in [0.15, 0.2) is 5.76 Å². The Morgan fingerprint density at radius 1 is 0.926 bits per heavy atom. The maximum atomic E-state index is 12.8. The average Bonchev–Trinajstić information content (AvgIpc) is 3.22. The van der Waals surface area contributed by atoms with Crippen molar-refractivity contribution in [3.05, 3.63) is 81.3 Å². The van der Waals surface area contributed by atoms with Gasteiger partial charge in [0.05, 0.1) is 0 Å². The van der Waals surface area contributed by atoms with Gasteiger partial charge in [-0.1, -0.05) is 30.3 Å². The number of carbonyl (C=O) groups excluding carboxylic acids is 1. The summed E-state index contributed by atoms with van der Waals surface area (Å²) in [4.78, 5) is 36.2. The minimum absolute atomic E-state index is 0.0117. The summed E-state index contributed by atoms with van der Waals surface area (Å²) in [6.45, 7) is 0.802. The van der Waals surface area contributed by atoms with Crippen molar-refractivity contribution in [2.75, 3.05) is 6.54 Å². The zero-order valence-electron chi connectivity index (χ0n) is 14.3. The molecule has 7 heteroatoms. The van der Waals surface area contributed by atoms with Crippen molar-refractivity contribution in [2.45, 2.75) is 13.0 Å². The summed E-state index contributed by atoms with van der Waals surface area (Å²) < 4.78 is 5.74. The van der Waals surface area contributed by atoms with Gasteiger partial charge in [0.1, 0.15) is 17.1 Å². The van der Waals surface area contributed by atoms with E-state index in [4.69, 9.17) is 4.42 Å². The van der Waals surface area contributed by atoms with Crippen LogP contribution in [-0.4, -0.2) is 17.4 Å². The predicted molar refractivity (Wildman–Crippen MR) is 99.9 cm³/mol. The molecular formula is C20H15N3O4. The lowest BCUT2D eigenvalue weighted by atomic mass is 9.98. The number of nitroso groups, excluding NO2 is 2. The van der Waals surface area contributed by atoms with Gasteiger partial charge in [0.25, 0.3) is 5.91 Å². The predicted octanol–water partition coefficient (Wildman–Crippen LogP) is 4.94. The molecule has 0 spiro atoms. The Labute approximate surface area is 154 Å². The van der Waals surface area contributed by atoms with Crippen LogP contribution in [0, 0.1) is 9.81 Å². The van der Waals surface area contributed by atoms with Crippen LogP contribution in [0.5, 0.6) is 0 Å². The van der Waals surface area contributed by atoms with Crippen LogP contribution in [0.25, 0.3) is 11.3 Å². The summed E-state index contributed by atoms with van der Waals surface area (Å²) in [6.07, 6.45) is 0.564. The van der Waals surface area contributed by atoms with E-state index in [9.17, 15) is 14.6 Å². The minimum atomic E-state index is -0.221. The number of carbonyl (C=O) groups is 1. The van der Waals surface area contributed by atoms with E-state index in [-0.39, 0.29) is 23.0 Å². The summed E-state index contributed by atoms with van der Waals surface area (Å²) in [6, 6.07) is 16.1. The Kier molecular flexibility index (Phi) is 4.33. The first-order chi connectivity index (χ1) is 13.2. The van der Waals surface area contributed by atoms with E-state index in [1.165, 1.54) is 6.07 Å². The highest BCUT2D eigenvalue weighted by atomic mass is 16.4. The fourth-order valence-electron chi connectivity index (χ4n) is 3.27. The Bertz CT molecular complexity index is 1030. The molecule has 2 heterocycles. The van der Waals surface area contributed by atoms with E-state index in [1.807, 2.05) is 30.3 Å². The van der Waals surface area contributed by atoms with Gasteiger partial charge in [-0.25, -0.2) is 0 Å². The van der Waals surface area contributed by atoms with Gasteiger partial charge in [-0.3, -0.25) is 4.79 Å². The number of fused-ring (bicyclic) bond motifs is 1. The van der Waals surface area contributed by atoms with Crippen LogP contribution in [0.4, 0.5) is 11.4 Å². The molecule has 0 aliphatic carbocycles. The molecule has 0 atom stereocenters. The molecule has 0 saturated heterocycles. The lowest BCUT2D eigenvalue weighted by Gasteiger charge is -2.28. The number of benzene rings is 2. The Hall–Kier alpha value is -3.61. The van der Waals surface area contributed by atoms with Gasteiger partial charge in [-0.15, -0.1) is 9.81 Å². The molecule has 0 radical (unpaired) electrons. The van der Waals surface area contributed by atoms with Crippen molar-refractivity contribution in [1.82, 2.24) is 4.90 Å². The smallest absolute Gasteiger partial charge is 0.289 e. The molecular weight excluding hydrogens is 346 g/mol. The van der Waals surface area contributed by atoms with Crippen LogP contribution in [-0.2, 0) is 13.0 Å². The van der Waals surface area contributed by atoms with Crippen LogP contribution in [0.2, 0.25) is 0 Å². The summed E-state index contributed by atoms with van der Waals surface area (Å²) in [5.41, 5.74) is 2.59. The molecule has 27 heavy (non-hydrogen) atoms. The first-order valence-corrected chi connectivity index (χ1v) is 8.46. The van der Waals surface area contributed by atoms with Gasteiger partial charge < -0.3 is 9.32 Å². The molecule has 1 aliphatic rings. The fraction of sp³-hybridized carbons (Fsp3) is 0.150. The highest BCUT2D eigenvalue weighted by molar-refractivity contribution is 5.92. The topological polar surface area (TPSA) is 92.3 Å². The van der Waals surface area contributed by atoms with Crippen molar-refractivity contribution in [1.29, 1.82) is 0 Å². The van der Waals surface area contributed by atoms with Gasteiger partial charge in [0, 0.05) is 18.7 Å². The van der Waals surface area contributed by atoms with Crippen LogP contribution in [0.15, 0.2) is 69.4 Å². The monoisotopic (exact) mass is 361 g/mol. The number of nitrogens with zero attached hydrogens (tertiary/aromatic N) is 3. The first-order valence-electron chi connectivity index (χ1n) is 8.46. The third kappa shape index (κ3) is 3.15. The molecule has 2 aromatic carbocycles.